The van der Waals surface area contributed by atoms with Crippen LogP contribution in [0.3, 0.4) is 0 Å². The van der Waals surface area contributed by atoms with Gasteiger partial charge < -0.3 is 26.1 Å². The number of rotatable bonds is 4. The van der Waals surface area contributed by atoms with Gasteiger partial charge in [0.2, 0.25) is 6.41 Å². The van der Waals surface area contributed by atoms with E-state index in [1.54, 1.807) is 16.2 Å². The fourth-order valence-corrected chi connectivity index (χ4v) is 5.05. The van der Waals surface area contributed by atoms with Crippen molar-refractivity contribution in [1.82, 2.24) is 14.9 Å². The van der Waals surface area contributed by atoms with Crippen LogP contribution in [-0.4, -0.2) is 53.8 Å². The third-order valence-corrected chi connectivity index (χ3v) is 6.73. The van der Waals surface area contributed by atoms with Crippen molar-refractivity contribution in [3.63, 3.8) is 0 Å². The van der Waals surface area contributed by atoms with E-state index < -0.39 is 5.82 Å². The van der Waals surface area contributed by atoms with Crippen LogP contribution in [0.15, 0.2) is 18.5 Å². The molecule has 32 heavy (non-hydrogen) atoms. The maximum atomic E-state index is 14.3. The molecule has 1 fully saturated rings. The Balaban J connectivity index is 0.000000260. The smallest absolute Gasteiger partial charge is 0.209 e. The van der Waals surface area contributed by atoms with Crippen LogP contribution < -0.4 is 11.1 Å². The quantitative estimate of drug-likeness (QED) is 0.314. The van der Waals surface area contributed by atoms with Gasteiger partial charge >= 0.3 is 0 Å². The normalized spacial score (nSPS) is 15.5. The Kier molecular flexibility index (Phi) is 6.91. The molecule has 1 aliphatic heterocycles. The van der Waals surface area contributed by atoms with E-state index in [-0.39, 0.29) is 11.4 Å². The molecule has 0 radical (unpaired) electrons. The lowest BCUT2D eigenvalue weighted by Crippen LogP contribution is -2.34. The number of nitrogen functional groups attached to an aromatic ring is 1. The Bertz CT molecular complexity index is 1130. The number of nitrogens with one attached hydrogen (secondary N) is 2. The van der Waals surface area contributed by atoms with Gasteiger partial charge in [0.05, 0.1) is 24.3 Å². The summed E-state index contributed by atoms with van der Waals surface area (Å²) < 4.78 is 19.3. The minimum absolute atomic E-state index is 0.244. The summed E-state index contributed by atoms with van der Waals surface area (Å²) in [6, 6.07) is 2.76. The Hall–Kier alpha value is -3.11. The number of fused-ring (bicyclic) bond motifs is 3. The molecule has 0 bridgehead atoms. The lowest BCUT2D eigenvalue weighted by atomic mass is 9.97. The summed E-state index contributed by atoms with van der Waals surface area (Å²) in [5, 5.41) is 11.4. The summed E-state index contributed by atoms with van der Waals surface area (Å²) in [6.07, 6.45) is 7.91. The van der Waals surface area contributed by atoms with Crippen molar-refractivity contribution in [2.75, 3.05) is 37.4 Å². The number of nitrogens with zero attached hydrogens (tertiary/aromatic N) is 3. The molecule has 2 aliphatic rings. The number of thiophene rings is 1. The molecule has 1 amide bonds. The number of carbonyl (C=O) groups is 1. The molecule has 0 saturated carbocycles. The number of amides is 1. The van der Waals surface area contributed by atoms with Crippen LogP contribution in [0.2, 0.25) is 0 Å². The van der Waals surface area contributed by atoms with Gasteiger partial charge in [0.1, 0.15) is 22.8 Å². The molecule has 4 N–H and O–H groups in total. The van der Waals surface area contributed by atoms with Crippen molar-refractivity contribution in [2.24, 2.45) is 0 Å². The molecule has 1 aliphatic carbocycles. The maximum absolute atomic E-state index is 14.3. The van der Waals surface area contributed by atoms with Gasteiger partial charge in [-0.25, -0.2) is 14.4 Å². The first kappa shape index (κ1) is 22.1. The molecule has 3 heterocycles. The molecule has 0 atom stereocenters. The summed E-state index contributed by atoms with van der Waals surface area (Å²) >= 11 is 1.70. The van der Waals surface area contributed by atoms with Crippen molar-refractivity contribution in [3.8, 4) is 0 Å². The highest BCUT2D eigenvalue weighted by Gasteiger charge is 2.20. The van der Waals surface area contributed by atoms with Gasteiger partial charge in [0, 0.05) is 35.4 Å². The first-order valence-corrected chi connectivity index (χ1v) is 11.3. The zero-order valence-electron chi connectivity index (χ0n) is 17.6. The molecule has 1 saturated heterocycles. The number of aryl methyl sites for hydroxylation is 2. The predicted octanol–water partition coefficient (Wildman–Crippen LogP) is 3.51. The number of benzene rings is 1. The summed E-state index contributed by atoms with van der Waals surface area (Å²) in [6.45, 7) is 2.89. The zero-order valence-corrected chi connectivity index (χ0v) is 18.4. The van der Waals surface area contributed by atoms with Crippen LogP contribution in [0.4, 0.5) is 21.6 Å². The van der Waals surface area contributed by atoms with E-state index in [9.17, 15) is 9.18 Å². The molecule has 10 heteroatoms. The number of carbonyl (C=O) groups excluding carboxylic acids is 1. The molecular weight excluding hydrogens is 431 g/mol. The average molecular weight is 457 g/mol. The van der Waals surface area contributed by atoms with E-state index in [4.69, 9.17) is 15.9 Å². The van der Waals surface area contributed by atoms with Crippen molar-refractivity contribution in [2.45, 2.75) is 25.7 Å². The van der Waals surface area contributed by atoms with E-state index in [1.165, 1.54) is 35.3 Å². The largest absolute Gasteiger partial charge is 0.398 e. The van der Waals surface area contributed by atoms with Crippen molar-refractivity contribution in [1.29, 1.82) is 5.41 Å². The molecule has 2 aromatic heterocycles. The lowest BCUT2D eigenvalue weighted by Gasteiger charge is -2.21. The van der Waals surface area contributed by atoms with E-state index in [0.29, 0.717) is 24.6 Å². The SMILES string of the molecule is N=Cc1cc(Nc2ncnc3sc4c(c23)CCCC4)c(F)cc1N.O=CN1CCOCC1. The Morgan fingerprint density at radius 3 is 2.72 bits per heavy atom. The average Bonchev–Trinajstić information content (AvgIpc) is 3.21. The summed E-state index contributed by atoms with van der Waals surface area (Å²) in [7, 11) is 0. The molecule has 0 spiro atoms. The van der Waals surface area contributed by atoms with Crippen LogP contribution in [0.1, 0.15) is 28.8 Å². The Labute approximate surface area is 189 Å². The number of hydrogen-bond donors (Lipinski definition) is 3. The molecule has 0 unspecified atom stereocenters. The van der Waals surface area contributed by atoms with Gasteiger partial charge in [0.25, 0.3) is 0 Å². The molecule has 168 valence electrons. The standard InChI is InChI=1S/C17H16FN5S.C5H9NO2/c18-11-6-12(20)9(7-19)5-13(11)23-16-15-10-3-1-2-4-14(10)24-17(15)22-8-21-16;7-5-6-1-3-8-4-2-6/h5-8,19H,1-4,20H2,(H,21,22,23);5H,1-4H2. The Morgan fingerprint density at radius 2 is 2.00 bits per heavy atom. The second kappa shape index (κ2) is 10.0. The highest BCUT2D eigenvalue weighted by atomic mass is 32.1. The van der Waals surface area contributed by atoms with E-state index in [2.05, 4.69) is 15.3 Å². The number of aromatic nitrogens is 2. The third-order valence-electron chi connectivity index (χ3n) is 5.53. The van der Waals surface area contributed by atoms with Crippen LogP contribution in [0.5, 0.6) is 0 Å². The summed E-state index contributed by atoms with van der Waals surface area (Å²) in [5.41, 5.74) is 7.98. The lowest BCUT2D eigenvalue weighted by molar-refractivity contribution is -0.121. The van der Waals surface area contributed by atoms with Gasteiger partial charge in [0.15, 0.2) is 0 Å². The van der Waals surface area contributed by atoms with Crippen molar-refractivity contribution >= 4 is 51.4 Å². The second-order valence-corrected chi connectivity index (χ2v) is 8.68. The van der Waals surface area contributed by atoms with Gasteiger partial charge in [-0.15, -0.1) is 11.3 Å². The Morgan fingerprint density at radius 1 is 1.22 bits per heavy atom. The number of morpholine rings is 1. The van der Waals surface area contributed by atoms with Gasteiger partial charge in [-0.2, -0.15) is 0 Å². The fourth-order valence-electron chi connectivity index (χ4n) is 3.82. The van der Waals surface area contributed by atoms with Gasteiger partial charge in [-0.05, 0) is 43.4 Å². The second-order valence-electron chi connectivity index (χ2n) is 7.60. The summed E-state index contributed by atoms with van der Waals surface area (Å²) in [5.74, 6) is 0.146. The topological polar surface area (TPSA) is 117 Å². The monoisotopic (exact) mass is 456 g/mol. The van der Waals surface area contributed by atoms with Gasteiger partial charge in [-0.1, -0.05) is 0 Å². The molecule has 5 rings (SSSR count). The van der Waals surface area contributed by atoms with E-state index in [1.807, 2.05) is 0 Å². The maximum Gasteiger partial charge on any atom is 0.209 e. The van der Waals surface area contributed by atoms with Crippen LogP contribution in [0, 0.1) is 11.2 Å². The molecule has 3 aromatic rings. The third kappa shape index (κ3) is 4.71. The van der Waals surface area contributed by atoms with E-state index >= 15 is 0 Å². The van der Waals surface area contributed by atoms with Gasteiger partial charge in [-0.3, -0.25) is 4.79 Å². The number of hydrogen-bond acceptors (Lipinski definition) is 8. The number of ether oxygens (including phenoxy) is 1. The first-order valence-electron chi connectivity index (χ1n) is 10.5. The number of nitrogens with two attached hydrogens (primary N) is 1. The first-order chi connectivity index (χ1) is 15.6. The predicted molar refractivity (Wildman–Crippen MR) is 124 cm³/mol. The number of anilines is 3. The van der Waals surface area contributed by atoms with Crippen LogP contribution in [0.25, 0.3) is 10.2 Å². The van der Waals surface area contributed by atoms with E-state index in [0.717, 1.165) is 55.2 Å². The highest BCUT2D eigenvalue weighted by molar-refractivity contribution is 7.19. The highest BCUT2D eigenvalue weighted by Crippen LogP contribution is 2.39. The zero-order chi connectivity index (χ0) is 22.5. The molecule has 1 aromatic carbocycles. The number of halogens is 1. The van der Waals surface area contributed by atoms with Crippen LogP contribution >= 0.6 is 11.3 Å². The fraction of sp³-hybridized carbons (Fsp3) is 0.364. The minimum Gasteiger partial charge on any atom is -0.398 e. The molecular formula is C22H25FN6O2S. The molecule has 8 nitrogen and oxygen atoms in total. The van der Waals surface area contributed by atoms with Crippen molar-refractivity contribution in [3.05, 3.63) is 40.3 Å². The summed E-state index contributed by atoms with van der Waals surface area (Å²) in [4.78, 5) is 22.7. The van der Waals surface area contributed by atoms with Crippen molar-refractivity contribution < 1.29 is 13.9 Å². The minimum atomic E-state index is -0.464. The van der Waals surface area contributed by atoms with Crippen LogP contribution in [-0.2, 0) is 22.4 Å².